The maximum Gasteiger partial charge on any atom is 0.420 e. The maximum atomic E-state index is 13.9. The first-order chi connectivity index (χ1) is 22.5. The van der Waals surface area contributed by atoms with Crippen LogP contribution in [0.1, 0.15) is 29.5 Å². The van der Waals surface area contributed by atoms with E-state index in [2.05, 4.69) is 20.5 Å². The van der Waals surface area contributed by atoms with Crippen molar-refractivity contribution in [2.75, 3.05) is 49.5 Å². The quantitative estimate of drug-likeness (QED) is 0.335. The highest BCUT2D eigenvalue weighted by Crippen LogP contribution is 2.40. The van der Waals surface area contributed by atoms with Crippen molar-refractivity contribution in [1.29, 1.82) is 0 Å². The number of thiophene rings is 1. The summed E-state index contributed by atoms with van der Waals surface area (Å²) in [5.74, 6) is -1.53. The van der Waals surface area contributed by atoms with Gasteiger partial charge < -0.3 is 35.3 Å². The van der Waals surface area contributed by atoms with E-state index in [4.69, 9.17) is 11.6 Å². The molecule has 2 saturated heterocycles. The number of aromatic nitrogens is 1. The molecule has 16 heteroatoms. The summed E-state index contributed by atoms with van der Waals surface area (Å²) in [4.78, 5) is 51.2. The number of hydrogen-bond acceptors (Lipinski definition) is 7. The lowest BCUT2D eigenvalue weighted by Crippen LogP contribution is -2.58. The molecule has 6 rings (SSSR count). The van der Waals surface area contributed by atoms with Gasteiger partial charge in [0.2, 0.25) is 5.91 Å². The molecular weight excluding hydrogens is 659 g/mol. The molecule has 3 N–H and O–H groups in total. The van der Waals surface area contributed by atoms with Crippen LogP contribution in [-0.2, 0) is 23.9 Å². The lowest BCUT2D eigenvalue weighted by Gasteiger charge is -2.40. The number of anilines is 2. The molecule has 2 aromatic heterocycles. The van der Waals surface area contributed by atoms with Crippen molar-refractivity contribution in [1.82, 2.24) is 25.0 Å². The Morgan fingerprint density at radius 3 is 2.45 bits per heavy atom. The van der Waals surface area contributed by atoms with E-state index < -0.39 is 40.5 Å². The second kappa shape index (κ2) is 13.5. The molecule has 5 amide bonds. The molecule has 0 unspecified atom stereocenters. The van der Waals surface area contributed by atoms with Gasteiger partial charge in [-0.3, -0.25) is 9.78 Å². The maximum absolute atomic E-state index is 13.9. The van der Waals surface area contributed by atoms with Gasteiger partial charge in [0.25, 0.3) is 0 Å². The predicted octanol–water partition coefficient (Wildman–Crippen LogP) is 5.00. The number of benzene rings is 1. The number of nitrogens with one attached hydrogen (secondary N) is 2. The summed E-state index contributed by atoms with van der Waals surface area (Å²) >= 11 is 7.48. The second-order valence-corrected chi connectivity index (χ2v) is 12.9. The first-order valence-electron chi connectivity index (χ1n) is 15.2. The first-order valence-corrected chi connectivity index (χ1v) is 16.5. The van der Waals surface area contributed by atoms with E-state index in [-0.39, 0.29) is 24.1 Å². The molecule has 0 spiro atoms. The molecule has 5 heterocycles. The Kier molecular flexibility index (Phi) is 9.37. The van der Waals surface area contributed by atoms with Crippen LogP contribution in [-0.4, -0.2) is 94.1 Å². The summed E-state index contributed by atoms with van der Waals surface area (Å²) < 4.78 is 41.0. The predicted molar refractivity (Wildman–Crippen MR) is 171 cm³/mol. The molecule has 0 saturated carbocycles. The van der Waals surface area contributed by atoms with Crippen LogP contribution in [0, 0.1) is 0 Å². The van der Waals surface area contributed by atoms with Gasteiger partial charge in [-0.2, -0.15) is 13.2 Å². The molecule has 3 aliphatic rings. The van der Waals surface area contributed by atoms with Crippen LogP contribution in [0.2, 0.25) is 5.02 Å². The van der Waals surface area contributed by atoms with Gasteiger partial charge in [0.05, 0.1) is 22.8 Å². The molecule has 47 heavy (non-hydrogen) atoms. The van der Waals surface area contributed by atoms with Gasteiger partial charge in [-0.15, -0.1) is 11.3 Å². The van der Waals surface area contributed by atoms with Crippen LogP contribution in [0.3, 0.4) is 0 Å². The van der Waals surface area contributed by atoms with E-state index in [0.29, 0.717) is 58.7 Å². The number of phenolic OH excluding ortho intramolecular Hbond substituents is 1. The third kappa shape index (κ3) is 7.20. The monoisotopic (exact) mass is 691 g/mol. The fraction of sp³-hybridized carbons (Fsp3) is 0.419. The molecule has 11 nitrogen and oxygen atoms in total. The van der Waals surface area contributed by atoms with Gasteiger partial charge in [-0.25, -0.2) is 9.59 Å². The average Bonchev–Trinajstić information content (AvgIpc) is 3.52. The number of carbonyl (C=O) groups is 3. The van der Waals surface area contributed by atoms with Crippen molar-refractivity contribution in [3.63, 3.8) is 0 Å². The van der Waals surface area contributed by atoms with Crippen LogP contribution >= 0.6 is 22.9 Å². The number of piperidine rings is 1. The molecule has 0 aliphatic carbocycles. The number of phenols is 1. The number of hydrogen-bond donors (Lipinski definition) is 3. The topological polar surface area (TPSA) is 121 Å². The highest BCUT2D eigenvalue weighted by molar-refractivity contribution is 7.08. The third-order valence-corrected chi connectivity index (χ3v) is 9.94. The van der Waals surface area contributed by atoms with Crippen LogP contribution in [0.25, 0.3) is 0 Å². The van der Waals surface area contributed by atoms with E-state index in [0.717, 1.165) is 23.0 Å². The van der Waals surface area contributed by atoms with Gasteiger partial charge in [0.1, 0.15) is 11.8 Å². The number of urea groups is 2. The Labute approximate surface area is 277 Å². The number of halogens is 4. The van der Waals surface area contributed by atoms with Gasteiger partial charge in [0, 0.05) is 80.8 Å². The number of aromatic hydroxyl groups is 1. The van der Waals surface area contributed by atoms with E-state index in [1.54, 1.807) is 27.1 Å². The summed E-state index contributed by atoms with van der Waals surface area (Å²) in [6.07, 6.45) is -0.737. The molecule has 3 aliphatic heterocycles. The number of likely N-dealkylation sites (tertiary alicyclic amines) is 1. The van der Waals surface area contributed by atoms with Gasteiger partial charge in [-0.05, 0) is 48.1 Å². The van der Waals surface area contributed by atoms with Crippen LogP contribution in [0.5, 0.6) is 5.75 Å². The van der Waals surface area contributed by atoms with Crippen LogP contribution in [0.4, 0.5) is 34.1 Å². The van der Waals surface area contributed by atoms with Crippen LogP contribution in [0.15, 0.2) is 47.4 Å². The van der Waals surface area contributed by atoms with Gasteiger partial charge in [-0.1, -0.05) is 11.6 Å². The number of fused-ring (bicyclic) bond motifs is 1. The minimum absolute atomic E-state index is 0.0387. The Balaban J connectivity index is 1.15. The van der Waals surface area contributed by atoms with Crippen molar-refractivity contribution in [3.8, 4) is 5.75 Å². The summed E-state index contributed by atoms with van der Waals surface area (Å²) in [7, 11) is 0. The molecule has 1 atom stereocenters. The standard InChI is InChI=1S/C31H33ClF3N7O4S/c32-24-14-19(13-23(27(24)43)31(33,34)35)15-25(28(44)40-11-9-39(10-12-40)21-1-5-36-6-2-21)37-29(45)41-7-3-22(4-8-41)42-16-20-17-47-18-26(20)38-30(42)46/h1-2,5-6,13-14,17-18,22,25,43H,3-4,7-12,15-16H2,(H,37,45)(H,38,46)/t25-/m1/s1. The van der Waals surface area contributed by atoms with Gasteiger partial charge in [0.15, 0.2) is 0 Å². The molecule has 2 fully saturated rings. The zero-order valence-electron chi connectivity index (χ0n) is 25.2. The van der Waals surface area contributed by atoms with Crippen LogP contribution < -0.4 is 15.5 Å². The summed E-state index contributed by atoms with van der Waals surface area (Å²) in [6.45, 7) is 2.85. The third-order valence-electron chi connectivity index (χ3n) is 8.86. The summed E-state index contributed by atoms with van der Waals surface area (Å²) in [6, 6.07) is 3.68. The summed E-state index contributed by atoms with van der Waals surface area (Å²) in [5, 5.41) is 19.0. The van der Waals surface area contributed by atoms with Crippen molar-refractivity contribution in [2.45, 2.75) is 44.1 Å². The molecular formula is C31H33ClF3N7O4S. The normalized spacial score (nSPS) is 18.1. The molecule has 0 radical (unpaired) electrons. The number of carbonyl (C=O) groups excluding carboxylic acids is 3. The van der Waals surface area contributed by atoms with E-state index >= 15 is 0 Å². The minimum Gasteiger partial charge on any atom is -0.506 e. The zero-order chi connectivity index (χ0) is 33.3. The number of piperazine rings is 1. The first kappa shape index (κ1) is 32.7. The Bertz CT molecular complexity index is 1630. The van der Waals surface area contributed by atoms with Crippen molar-refractivity contribution in [3.05, 3.63) is 69.1 Å². The van der Waals surface area contributed by atoms with E-state index in [1.165, 1.54) is 17.4 Å². The highest BCUT2D eigenvalue weighted by atomic mass is 35.5. The van der Waals surface area contributed by atoms with Crippen molar-refractivity contribution in [2.24, 2.45) is 0 Å². The number of pyridine rings is 1. The van der Waals surface area contributed by atoms with Crippen molar-refractivity contribution >= 4 is 52.3 Å². The number of amides is 5. The van der Waals surface area contributed by atoms with E-state index in [1.807, 2.05) is 22.9 Å². The fourth-order valence-electron chi connectivity index (χ4n) is 6.30. The number of rotatable bonds is 6. The molecule has 250 valence electrons. The Hall–Kier alpha value is -4.24. The minimum atomic E-state index is -4.88. The molecule has 0 bridgehead atoms. The second-order valence-electron chi connectivity index (χ2n) is 11.8. The lowest BCUT2D eigenvalue weighted by molar-refractivity contribution is -0.138. The largest absolute Gasteiger partial charge is 0.506 e. The highest BCUT2D eigenvalue weighted by Gasteiger charge is 2.38. The number of alkyl halides is 3. The van der Waals surface area contributed by atoms with Gasteiger partial charge >= 0.3 is 18.2 Å². The molecule has 1 aromatic carbocycles. The smallest absolute Gasteiger partial charge is 0.420 e. The zero-order valence-corrected chi connectivity index (χ0v) is 26.7. The Morgan fingerprint density at radius 2 is 1.77 bits per heavy atom. The average molecular weight is 692 g/mol. The summed E-state index contributed by atoms with van der Waals surface area (Å²) in [5.41, 5.74) is 1.54. The lowest BCUT2D eigenvalue weighted by atomic mass is 10.0. The molecule has 3 aromatic rings. The van der Waals surface area contributed by atoms with Crippen molar-refractivity contribution < 1.29 is 32.7 Å². The SMILES string of the molecule is O=C(N[C@H](Cc1cc(Cl)c(O)c(C(F)(F)F)c1)C(=O)N1CCN(c2ccncc2)CC1)N1CCC(N2Cc3cscc3NC2=O)CC1. The Morgan fingerprint density at radius 1 is 1.06 bits per heavy atom. The van der Waals surface area contributed by atoms with E-state index in [9.17, 15) is 32.7 Å². The number of nitrogens with zero attached hydrogens (tertiary/aromatic N) is 5. The fourth-order valence-corrected chi connectivity index (χ4v) is 7.32.